The first-order chi connectivity index (χ1) is 15.7. The number of hydrogen-bond acceptors (Lipinski definition) is 5. The Morgan fingerprint density at radius 1 is 1.00 bits per heavy atom. The predicted molar refractivity (Wildman–Crippen MR) is 132 cm³/mol. The highest BCUT2D eigenvalue weighted by molar-refractivity contribution is 6.00. The summed E-state index contributed by atoms with van der Waals surface area (Å²) in [4.78, 5) is 26.9. The van der Waals surface area contributed by atoms with Crippen LogP contribution in [-0.4, -0.2) is 27.6 Å². The van der Waals surface area contributed by atoms with E-state index < -0.39 is 5.54 Å². The molecule has 0 atom stereocenters. The normalized spacial score (nSPS) is 16.2. The Morgan fingerprint density at radius 3 is 2.03 bits per heavy atom. The monoisotopic (exact) mass is 469 g/mol. The third kappa shape index (κ3) is 5.62. The molecule has 1 aromatic heterocycles. The van der Waals surface area contributed by atoms with Gasteiger partial charge in [-0.3, -0.25) is 9.59 Å². The minimum atomic E-state index is -0.976. The summed E-state index contributed by atoms with van der Waals surface area (Å²) in [6.45, 7) is 14.1. The van der Waals surface area contributed by atoms with E-state index in [0.717, 1.165) is 19.3 Å². The lowest BCUT2D eigenvalue weighted by Gasteiger charge is -2.37. The molecule has 0 saturated heterocycles. The summed E-state index contributed by atoms with van der Waals surface area (Å²) in [6.07, 6.45) is 3.94. The van der Waals surface area contributed by atoms with Crippen LogP contribution in [0, 0.1) is 6.92 Å². The van der Waals surface area contributed by atoms with Crippen LogP contribution in [0.1, 0.15) is 107 Å². The molecule has 0 unspecified atom stereocenters. The quantitative estimate of drug-likeness (QED) is 0.569. The van der Waals surface area contributed by atoms with Gasteiger partial charge in [0, 0.05) is 22.8 Å². The molecule has 186 valence electrons. The number of hydrogen-bond donors (Lipinski definition) is 3. The largest absolute Gasteiger partial charge is 0.507 e. The van der Waals surface area contributed by atoms with E-state index in [1.165, 1.54) is 0 Å². The molecule has 0 aliphatic heterocycles. The molecule has 2 amide bonds. The van der Waals surface area contributed by atoms with Crippen molar-refractivity contribution >= 4 is 11.8 Å². The van der Waals surface area contributed by atoms with E-state index in [0.29, 0.717) is 41.0 Å². The zero-order valence-corrected chi connectivity index (χ0v) is 21.6. The van der Waals surface area contributed by atoms with Gasteiger partial charge in [0.05, 0.1) is 6.54 Å². The van der Waals surface area contributed by atoms with Gasteiger partial charge in [0.2, 0.25) is 5.91 Å². The average Bonchev–Trinajstić information content (AvgIpc) is 3.16. The number of aryl methyl sites for hydroxylation is 1. The van der Waals surface area contributed by atoms with E-state index in [9.17, 15) is 14.7 Å². The average molecular weight is 470 g/mol. The van der Waals surface area contributed by atoms with E-state index in [1.54, 1.807) is 25.1 Å². The molecule has 1 aliphatic rings. The van der Waals surface area contributed by atoms with E-state index >= 15 is 0 Å². The van der Waals surface area contributed by atoms with E-state index in [1.807, 2.05) is 41.5 Å². The van der Waals surface area contributed by atoms with Gasteiger partial charge in [0.25, 0.3) is 5.91 Å². The van der Waals surface area contributed by atoms with Crippen LogP contribution >= 0.6 is 0 Å². The van der Waals surface area contributed by atoms with Crippen LogP contribution in [0.3, 0.4) is 0 Å². The Labute approximate surface area is 202 Å². The van der Waals surface area contributed by atoms with Crippen molar-refractivity contribution < 1.29 is 19.2 Å². The van der Waals surface area contributed by atoms with Crippen LogP contribution in [-0.2, 0) is 22.2 Å². The van der Waals surface area contributed by atoms with Crippen molar-refractivity contribution in [3.63, 3.8) is 0 Å². The first kappa shape index (κ1) is 25.8. The van der Waals surface area contributed by atoms with Crippen molar-refractivity contribution in [2.24, 2.45) is 0 Å². The minimum absolute atomic E-state index is 0.202. The summed E-state index contributed by atoms with van der Waals surface area (Å²) in [5, 5.41) is 21.0. The number of aromatic hydroxyl groups is 1. The van der Waals surface area contributed by atoms with Gasteiger partial charge in [-0.25, -0.2) is 0 Å². The molecule has 0 radical (unpaired) electrons. The summed E-state index contributed by atoms with van der Waals surface area (Å²) in [5.74, 6) is 0.406. The number of nitrogens with one attached hydrogen (secondary N) is 2. The molecule has 1 heterocycles. The van der Waals surface area contributed by atoms with Crippen LogP contribution in [0.5, 0.6) is 5.75 Å². The smallest absolute Gasteiger partial charge is 0.252 e. The number of phenols is 1. The van der Waals surface area contributed by atoms with Gasteiger partial charge in [-0.1, -0.05) is 66.0 Å². The highest BCUT2D eigenvalue weighted by atomic mass is 16.5. The summed E-state index contributed by atoms with van der Waals surface area (Å²) in [7, 11) is 0. The highest BCUT2D eigenvalue weighted by Crippen LogP contribution is 2.40. The highest BCUT2D eigenvalue weighted by Gasteiger charge is 2.41. The Kier molecular flexibility index (Phi) is 7.15. The molecule has 3 rings (SSSR count). The van der Waals surface area contributed by atoms with Crippen LogP contribution in [0.25, 0.3) is 0 Å². The van der Waals surface area contributed by atoms with E-state index in [-0.39, 0.29) is 34.9 Å². The third-order valence-corrected chi connectivity index (χ3v) is 6.59. The summed E-state index contributed by atoms with van der Waals surface area (Å²) in [6, 6.07) is 5.30. The Balaban J connectivity index is 1.91. The summed E-state index contributed by atoms with van der Waals surface area (Å²) < 4.78 is 5.09. The second-order valence-corrected chi connectivity index (χ2v) is 11.6. The van der Waals surface area contributed by atoms with Gasteiger partial charge in [-0.15, -0.1) is 0 Å². The van der Waals surface area contributed by atoms with Gasteiger partial charge in [0.1, 0.15) is 22.7 Å². The number of carbonyl (C=O) groups is 2. The minimum Gasteiger partial charge on any atom is -0.507 e. The molecule has 0 bridgehead atoms. The maximum atomic E-state index is 13.6. The number of benzene rings is 1. The predicted octanol–water partition coefficient (Wildman–Crippen LogP) is 5.03. The van der Waals surface area contributed by atoms with Gasteiger partial charge in [-0.05, 0) is 42.7 Å². The molecule has 1 fully saturated rings. The van der Waals surface area contributed by atoms with E-state index in [4.69, 9.17) is 4.52 Å². The van der Waals surface area contributed by atoms with Crippen LogP contribution < -0.4 is 10.6 Å². The third-order valence-electron chi connectivity index (χ3n) is 6.59. The fourth-order valence-corrected chi connectivity index (χ4v) is 4.60. The Bertz CT molecular complexity index is 1020. The SMILES string of the molecule is Cc1cc(CNC(=O)C2(NC(=O)c3cc(C(C)(C)C)c(O)c(C(C)(C)C)c3)CCCCC2)no1. The molecule has 7 heteroatoms. The lowest BCUT2D eigenvalue weighted by Crippen LogP contribution is -2.59. The molecular formula is C27H39N3O4. The first-order valence-electron chi connectivity index (χ1n) is 12.1. The topological polar surface area (TPSA) is 104 Å². The maximum Gasteiger partial charge on any atom is 0.252 e. The maximum absolute atomic E-state index is 13.6. The number of aromatic nitrogens is 1. The van der Waals surface area contributed by atoms with Crippen LogP contribution in [0.15, 0.2) is 22.7 Å². The molecule has 34 heavy (non-hydrogen) atoms. The summed E-state index contributed by atoms with van der Waals surface area (Å²) in [5.41, 5.74) is 0.855. The van der Waals surface area contributed by atoms with Crippen molar-refractivity contribution in [1.82, 2.24) is 15.8 Å². The summed E-state index contributed by atoms with van der Waals surface area (Å²) >= 11 is 0. The number of phenolic OH excluding ortho intramolecular Hbond substituents is 1. The number of amides is 2. The molecule has 1 aliphatic carbocycles. The second-order valence-electron chi connectivity index (χ2n) is 11.6. The number of nitrogens with zero attached hydrogens (tertiary/aromatic N) is 1. The van der Waals surface area contributed by atoms with Crippen LogP contribution in [0.2, 0.25) is 0 Å². The molecule has 1 aromatic carbocycles. The van der Waals surface area contributed by atoms with Gasteiger partial charge >= 0.3 is 0 Å². The van der Waals surface area contributed by atoms with Gasteiger partial charge < -0.3 is 20.3 Å². The Morgan fingerprint density at radius 2 is 1.56 bits per heavy atom. The lowest BCUT2D eigenvalue weighted by atomic mass is 9.78. The van der Waals surface area contributed by atoms with Crippen molar-refractivity contribution in [2.75, 3.05) is 0 Å². The molecule has 7 nitrogen and oxygen atoms in total. The van der Waals surface area contributed by atoms with Gasteiger partial charge in [-0.2, -0.15) is 0 Å². The van der Waals surface area contributed by atoms with Crippen molar-refractivity contribution in [3.05, 3.63) is 46.3 Å². The lowest BCUT2D eigenvalue weighted by molar-refractivity contribution is -0.128. The molecular weight excluding hydrogens is 430 g/mol. The first-order valence-corrected chi connectivity index (χ1v) is 12.1. The number of rotatable bonds is 5. The fourth-order valence-electron chi connectivity index (χ4n) is 4.60. The number of carbonyl (C=O) groups excluding carboxylic acids is 2. The Hall–Kier alpha value is -2.83. The molecule has 3 N–H and O–H groups in total. The van der Waals surface area contributed by atoms with E-state index in [2.05, 4.69) is 15.8 Å². The van der Waals surface area contributed by atoms with Crippen molar-refractivity contribution in [3.8, 4) is 5.75 Å². The molecule has 1 saturated carbocycles. The standard InChI is InChI=1S/C27H39N3O4/c1-17-13-19(30-34-17)16-28-24(33)27(11-9-8-10-12-27)29-23(32)18-14-20(25(2,3)4)22(31)21(15-18)26(5,6)7/h13-15,31H,8-12,16H2,1-7H3,(H,28,33)(H,29,32). The van der Waals surface area contributed by atoms with Crippen molar-refractivity contribution in [1.29, 1.82) is 0 Å². The van der Waals surface area contributed by atoms with Crippen molar-refractivity contribution in [2.45, 2.75) is 103 Å². The van der Waals surface area contributed by atoms with Crippen LogP contribution in [0.4, 0.5) is 0 Å². The van der Waals surface area contributed by atoms with Gasteiger partial charge in [0.15, 0.2) is 0 Å². The zero-order valence-electron chi connectivity index (χ0n) is 21.6. The fraction of sp³-hybridized carbons (Fsp3) is 0.593. The molecule has 2 aromatic rings. The molecule has 0 spiro atoms. The zero-order chi connectivity index (χ0) is 25.3. The second kappa shape index (κ2) is 9.43.